The fourth-order valence-corrected chi connectivity index (χ4v) is 3.52. The number of aryl methyl sites for hydroxylation is 2. The number of nitrogens with one attached hydrogen (secondary N) is 2. The van der Waals surface area contributed by atoms with Gasteiger partial charge < -0.3 is 15.5 Å². The first-order valence-corrected chi connectivity index (χ1v) is 9.63. The van der Waals surface area contributed by atoms with Gasteiger partial charge in [-0.2, -0.15) is 5.26 Å². The first kappa shape index (κ1) is 20.5. The Balaban J connectivity index is 1.52. The number of amides is 1. The molecule has 0 spiro atoms. The van der Waals surface area contributed by atoms with Crippen molar-refractivity contribution in [3.05, 3.63) is 70.9 Å². The smallest absolute Gasteiger partial charge is 0.237 e. The average Bonchev–Trinajstić information content (AvgIpc) is 3.13. The number of halogens is 1. The molecule has 1 atom stereocenters. The van der Waals surface area contributed by atoms with Crippen LogP contribution >= 0.6 is 0 Å². The quantitative estimate of drug-likeness (QED) is 0.756. The predicted octanol–water partition coefficient (Wildman–Crippen LogP) is 3.09. The van der Waals surface area contributed by atoms with Crippen LogP contribution in [0.4, 0.5) is 10.2 Å². The molecule has 1 aromatic carbocycles. The highest BCUT2D eigenvalue weighted by Gasteiger charge is 2.26. The van der Waals surface area contributed by atoms with Crippen molar-refractivity contribution in [2.45, 2.75) is 32.7 Å². The summed E-state index contributed by atoms with van der Waals surface area (Å²) in [6, 6.07) is 8.89. The second-order valence-corrected chi connectivity index (χ2v) is 6.98. The number of nitriles is 1. The van der Waals surface area contributed by atoms with Crippen molar-refractivity contribution in [1.29, 1.82) is 5.26 Å². The van der Waals surface area contributed by atoms with Gasteiger partial charge in [-0.3, -0.25) is 4.79 Å². The molecule has 1 heterocycles. The van der Waals surface area contributed by atoms with Crippen LogP contribution in [-0.4, -0.2) is 24.0 Å². The SMILES string of the molecule is CCN(/C=C/NC(=O)CNC1CCc2cc(C)cc(F)c21)c1ccc(C#N)cn1. The normalized spacial score (nSPS) is 15.2. The predicted molar refractivity (Wildman–Crippen MR) is 109 cm³/mol. The molecule has 0 fully saturated rings. The van der Waals surface area contributed by atoms with Crippen LogP contribution in [0.5, 0.6) is 0 Å². The maximum Gasteiger partial charge on any atom is 0.237 e. The summed E-state index contributed by atoms with van der Waals surface area (Å²) in [4.78, 5) is 18.2. The van der Waals surface area contributed by atoms with Crippen molar-refractivity contribution in [3.63, 3.8) is 0 Å². The summed E-state index contributed by atoms with van der Waals surface area (Å²) < 4.78 is 14.3. The molecule has 0 radical (unpaired) electrons. The van der Waals surface area contributed by atoms with E-state index in [1.165, 1.54) is 12.3 Å². The van der Waals surface area contributed by atoms with E-state index in [1.807, 2.05) is 30.9 Å². The Labute approximate surface area is 170 Å². The molecule has 0 aliphatic heterocycles. The van der Waals surface area contributed by atoms with Gasteiger partial charge in [-0.25, -0.2) is 9.37 Å². The molecule has 1 aliphatic rings. The summed E-state index contributed by atoms with van der Waals surface area (Å²) in [6.45, 7) is 4.60. The lowest BCUT2D eigenvalue weighted by atomic mass is 10.0. The lowest BCUT2D eigenvalue weighted by molar-refractivity contribution is -0.119. The standard InChI is InChI=1S/C22H24FN5O/c1-3-28(20-7-4-16(12-24)13-27-20)9-8-25-21(29)14-26-19-6-5-17-10-15(2)11-18(23)22(17)19/h4,7-11,13,19,26H,3,5-6,14H2,1-2H3,(H,25,29)/b9-8+. The van der Waals surface area contributed by atoms with E-state index in [0.29, 0.717) is 23.5 Å². The maximum atomic E-state index is 14.3. The van der Waals surface area contributed by atoms with E-state index >= 15 is 0 Å². The minimum Gasteiger partial charge on any atom is -0.332 e. The minimum atomic E-state index is -0.205. The van der Waals surface area contributed by atoms with Crippen molar-refractivity contribution in [1.82, 2.24) is 15.6 Å². The van der Waals surface area contributed by atoms with Gasteiger partial charge in [0.15, 0.2) is 0 Å². The molecule has 1 aromatic heterocycles. The van der Waals surface area contributed by atoms with E-state index in [9.17, 15) is 9.18 Å². The Bertz CT molecular complexity index is 949. The zero-order chi connectivity index (χ0) is 20.8. The number of hydrogen-bond donors (Lipinski definition) is 2. The van der Waals surface area contributed by atoms with E-state index in [2.05, 4.69) is 15.6 Å². The molecule has 1 aliphatic carbocycles. The second-order valence-electron chi connectivity index (χ2n) is 6.98. The number of hydrogen-bond acceptors (Lipinski definition) is 5. The molecule has 3 rings (SSSR count). The Morgan fingerprint density at radius 1 is 1.45 bits per heavy atom. The van der Waals surface area contributed by atoms with Crippen molar-refractivity contribution in [3.8, 4) is 6.07 Å². The fraction of sp³-hybridized carbons (Fsp3) is 0.318. The molecule has 0 bridgehead atoms. The number of carbonyl (C=O) groups is 1. The van der Waals surface area contributed by atoms with Gasteiger partial charge in [0.25, 0.3) is 0 Å². The number of aromatic nitrogens is 1. The van der Waals surface area contributed by atoms with Crippen molar-refractivity contribution >= 4 is 11.7 Å². The van der Waals surface area contributed by atoms with Gasteiger partial charge in [0, 0.05) is 36.7 Å². The Morgan fingerprint density at radius 3 is 2.97 bits per heavy atom. The maximum absolute atomic E-state index is 14.3. The summed E-state index contributed by atoms with van der Waals surface area (Å²) in [5, 5.41) is 14.7. The third-order valence-corrected chi connectivity index (χ3v) is 4.93. The molecule has 1 unspecified atom stereocenters. The molecule has 2 aromatic rings. The van der Waals surface area contributed by atoms with E-state index in [0.717, 1.165) is 24.0 Å². The number of pyridine rings is 1. The lowest BCUT2D eigenvalue weighted by Gasteiger charge is -2.17. The molecular formula is C22H24FN5O. The molecule has 150 valence electrons. The number of anilines is 1. The molecule has 0 saturated carbocycles. The Morgan fingerprint density at radius 2 is 2.28 bits per heavy atom. The van der Waals surface area contributed by atoms with Gasteiger partial charge >= 0.3 is 0 Å². The van der Waals surface area contributed by atoms with Crippen molar-refractivity contribution in [2.24, 2.45) is 0 Å². The molecule has 29 heavy (non-hydrogen) atoms. The molecule has 0 saturated heterocycles. The molecule has 6 nitrogen and oxygen atoms in total. The fourth-order valence-electron chi connectivity index (χ4n) is 3.52. The summed E-state index contributed by atoms with van der Waals surface area (Å²) in [7, 11) is 0. The van der Waals surface area contributed by atoms with Gasteiger partial charge in [0.05, 0.1) is 12.1 Å². The highest BCUT2D eigenvalue weighted by Crippen LogP contribution is 2.33. The summed E-state index contributed by atoms with van der Waals surface area (Å²) in [6.07, 6.45) is 6.39. The van der Waals surface area contributed by atoms with Crippen LogP contribution < -0.4 is 15.5 Å². The van der Waals surface area contributed by atoms with Crippen LogP contribution in [0.2, 0.25) is 0 Å². The summed E-state index contributed by atoms with van der Waals surface area (Å²) in [5.74, 6) is 0.276. The van der Waals surface area contributed by atoms with Crippen LogP contribution in [0.15, 0.2) is 42.9 Å². The second kappa shape index (κ2) is 9.30. The monoisotopic (exact) mass is 393 g/mol. The number of nitrogens with zero attached hydrogens (tertiary/aromatic N) is 3. The third kappa shape index (κ3) is 4.98. The van der Waals surface area contributed by atoms with Crippen LogP contribution in [0.1, 0.15) is 41.6 Å². The number of rotatable bonds is 7. The highest BCUT2D eigenvalue weighted by atomic mass is 19.1. The van der Waals surface area contributed by atoms with Gasteiger partial charge in [-0.1, -0.05) is 6.07 Å². The largest absolute Gasteiger partial charge is 0.332 e. The zero-order valence-electron chi connectivity index (χ0n) is 16.6. The summed E-state index contributed by atoms with van der Waals surface area (Å²) >= 11 is 0. The van der Waals surface area contributed by atoms with E-state index < -0.39 is 0 Å². The first-order chi connectivity index (χ1) is 14.0. The Kier molecular flexibility index (Phi) is 6.57. The Hall–Kier alpha value is -3.24. The molecule has 2 N–H and O–H groups in total. The first-order valence-electron chi connectivity index (χ1n) is 9.63. The van der Waals surface area contributed by atoms with Gasteiger partial charge in [-0.15, -0.1) is 0 Å². The van der Waals surface area contributed by atoms with Crippen LogP contribution in [0, 0.1) is 24.1 Å². The van der Waals surface area contributed by atoms with E-state index in [1.54, 1.807) is 24.5 Å². The third-order valence-electron chi connectivity index (χ3n) is 4.93. The number of fused-ring (bicyclic) bond motifs is 1. The van der Waals surface area contributed by atoms with Crippen LogP contribution in [0.25, 0.3) is 0 Å². The summed E-state index contributed by atoms with van der Waals surface area (Å²) in [5.41, 5.74) is 3.12. The van der Waals surface area contributed by atoms with Crippen molar-refractivity contribution in [2.75, 3.05) is 18.0 Å². The number of carbonyl (C=O) groups excluding carboxylic acids is 1. The van der Waals surface area contributed by atoms with Crippen LogP contribution in [-0.2, 0) is 11.2 Å². The van der Waals surface area contributed by atoms with Gasteiger partial charge in [0.1, 0.15) is 17.7 Å². The molecular weight excluding hydrogens is 369 g/mol. The van der Waals surface area contributed by atoms with Gasteiger partial charge in [-0.05, 0) is 56.0 Å². The lowest BCUT2D eigenvalue weighted by Crippen LogP contribution is -2.33. The minimum absolute atomic E-state index is 0.100. The van der Waals surface area contributed by atoms with Crippen LogP contribution in [0.3, 0.4) is 0 Å². The van der Waals surface area contributed by atoms with E-state index in [-0.39, 0.29) is 24.3 Å². The average molecular weight is 393 g/mol. The highest BCUT2D eigenvalue weighted by molar-refractivity contribution is 5.79. The topological polar surface area (TPSA) is 81.0 Å². The zero-order valence-corrected chi connectivity index (χ0v) is 16.6. The van der Waals surface area contributed by atoms with E-state index in [4.69, 9.17) is 5.26 Å². The molecule has 1 amide bonds. The molecule has 7 heteroatoms. The van der Waals surface area contributed by atoms with Crippen molar-refractivity contribution < 1.29 is 9.18 Å². The number of benzene rings is 1. The van der Waals surface area contributed by atoms with Gasteiger partial charge in [0.2, 0.25) is 5.91 Å².